The van der Waals surface area contributed by atoms with Crippen molar-refractivity contribution in [3.63, 3.8) is 0 Å². The fraction of sp³-hybridized carbons (Fsp3) is 0.375. The fourth-order valence-electron chi connectivity index (χ4n) is 0.454. The summed E-state index contributed by atoms with van der Waals surface area (Å²) in [4.78, 5) is 31.0. The third kappa shape index (κ3) is 8.41. The molecule has 0 aromatic heterocycles. The first-order valence-corrected chi connectivity index (χ1v) is 3.68. The molecule has 0 saturated heterocycles. The first-order valence-electron chi connectivity index (χ1n) is 3.68. The third-order valence-corrected chi connectivity index (χ3v) is 1.07. The minimum atomic E-state index is -1.68. The molecule has 0 saturated carbocycles. The molecule has 0 rings (SSSR count). The molecule has 1 N–H and O–H groups in total. The van der Waals surface area contributed by atoms with Crippen molar-refractivity contribution in [3.8, 4) is 0 Å². The number of aliphatic carboxylic acids is 1. The molecular formula is C8H12CaO6. The zero-order valence-electron chi connectivity index (χ0n) is 10.3. The molecule has 0 fully saturated rings. The van der Waals surface area contributed by atoms with E-state index in [9.17, 15) is 14.4 Å². The van der Waals surface area contributed by atoms with E-state index >= 15 is 0 Å². The van der Waals surface area contributed by atoms with Gasteiger partial charge in [-0.3, -0.25) is 0 Å². The monoisotopic (exact) mass is 244 g/mol. The quantitative estimate of drug-likeness (QED) is 0.237. The van der Waals surface area contributed by atoms with Crippen LogP contribution in [0.5, 0.6) is 0 Å². The molecule has 0 unspecified atom stereocenters. The van der Waals surface area contributed by atoms with Crippen molar-refractivity contribution < 1.29 is 31.8 Å². The van der Waals surface area contributed by atoms with Crippen LogP contribution in [0.15, 0.2) is 12.2 Å². The average Bonchev–Trinajstić information content (AvgIpc) is 2.11. The van der Waals surface area contributed by atoms with E-state index in [-0.39, 0.29) is 59.4 Å². The standard InChI is InChI=1S/C8H10O6.Ca.2H/c1-5(2)7(11)13-3-4-14-8(12)6(9)10;;;/h1,3-4H2,2H3,(H,9,10);;;/q;+2;2*-1. The Morgan fingerprint density at radius 2 is 1.60 bits per heavy atom. The first-order chi connectivity index (χ1) is 6.45. The number of hydrogen-bond acceptors (Lipinski definition) is 5. The molecule has 0 bridgehead atoms. The van der Waals surface area contributed by atoms with Crippen molar-refractivity contribution in [2.45, 2.75) is 6.92 Å². The number of carbonyl (C=O) groups excluding carboxylic acids is 2. The van der Waals surface area contributed by atoms with E-state index in [0.717, 1.165) is 0 Å². The number of rotatable bonds is 4. The van der Waals surface area contributed by atoms with Crippen LogP contribution in [0.2, 0.25) is 0 Å². The number of carboxylic acids is 1. The largest absolute Gasteiger partial charge is 2.00 e. The van der Waals surface area contributed by atoms with Gasteiger partial charge in [0.15, 0.2) is 0 Å². The summed E-state index contributed by atoms with van der Waals surface area (Å²) >= 11 is 0. The zero-order chi connectivity index (χ0) is 11.1. The van der Waals surface area contributed by atoms with E-state index in [2.05, 4.69) is 16.1 Å². The van der Waals surface area contributed by atoms with Crippen LogP contribution >= 0.6 is 0 Å². The normalized spacial score (nSPS) is 8.33. The SMILES string of the molecule is C=C(C)C(=O)OCCOC(=O)C(=O)O.[Ca+2].[H-].[H-]. The molecule has 15 heavy (non-hydrogen) atoms. The fourth-order valence-corrected chi connectivity index (χ4v) is 0.454. The summed E-state index contributed by atoms with van der Waals surface area (Å²) in [5.41, 5.74) is 0.217. The van der Waals surface area contributed by atoms with Gasteiger partial charge in [-0.15, -0.1) is 0 Å². The van der Waals surface area contributed by atoms with E-state index in [1.807, 2.05) is 0 Å². The van der Waals surface area contributed by atoms with Crippen LogP contribution in [0, 0.1) is 0 Å². The second-order valence-electron chi connectivity index (χ2n) is 2.36. The minimum Gasteiger partial charge on any atom is -1.00 e. The van der Waals surface area contributed by atoms with Gasteiger partial charge in [-0.25, -0.2) is 14.4 Å². The van der Waals surface area contributed by atoms with Gasteiger partial charge in [0, 0.05) is 5.57 Å². The van der Waals surface area contributed by atoms with E-state index < -0.39 is 17.9 Å². The van der Waals surface area contributed by atoms with Crippen molar-refractivity contribution >= 4 is 55.6 Å². The summed E-state index contributed by atoms with van der Waals surface area (Å²) in [5.74, 6) is -3.68. The van der Waals surface area contributed by atoms with Crippen molar-refractivity contribution in [1.82, 2.24) is 0 Å². The zero-order valence-corrected chi connectivity index (χ0v) is 10.5. The van der Waals surface area contributed by atoms with E-state index in [1.165, 1.54) is 6.92 Å². The average molecular weight is 244 g/mol. The molecule has 0 amide bonds. The molecule has 0 aromatic carbocycles. The van der Waals surface area contributed by atoms with Crippen LogP contribution in [0.25, 0.3) is 0 Å². The maximum atomic E-state index is 10.7. The van der Waals surface area contributed by atoms with Crippen LogP contribution < -0.4 is 0 Å². The number of carboxylic acid groups (broad SMARTS) is 1. The topological polar surface area (TPSA) is 89.9 Å². The van der Waals surface area contributed by atoms with Crippen LogP contribution in [0.1, 0.15) is 9.78 Å². The van der Waals surface area contributed by atoms with Gasteiger partial charge in [0.05, 0.1) is 0 Å². The molecule has 7 heteroatoms. The molecule has 0 radical (unpaired) electrons. The maximum absolute atomic E-state index is 10.7. The Morgan fingerprint density at radius 1 is 1.20 bits per heavy atom. The van der Waals surface area contributed by atoms with Crippen molar-refractivity contribution in [3.05, 3.63) is 12.2 Å². The van der Waals surface area contributed by atoms with Crippen molar-refractivity contribution in [2.75, 3.05) is 13.2 Å². The number of ether oxygens (including phenoxy) is 2. The Hall–Kier alpha value is -0.590. The molecule has 0 aromatic rings. The Bertz CT molecular complexity index is 253. The number of hydrogen-bond donors (Lipinski definition) is 1. The summed E-state index contributed by atoms with van der Waals surface area (Å²) in [5, 5.41) is 8.08. The summed E-state index contributed by atoms with van der Waals surface area (Å²) < 4.78 is 8.71. The molecule has 0 aliphatic rings. The summed E-state index contributed by atoms with van der Waals surface area (Å²) in [6, 6.07) is 0. The van der Waals surface area contributed by atoms with Crippen LogP contribution in [-0.4, -0.2) is 74.0 Å². The molecule has 82 valence electrons. The summed E-state index contributed by atoms with van der Waals surface area (Å²) in [6.45, 7) is 4.31. The van der Waals surface area contributed by atoms with Crippen molar-refractivity contribution in [1.29, 1.82) is 0 Å². The van der Waals surface area contributed by atoms with Gasteiger partial charge in [0.25, 0.3) is 0 Å². The summed E-state index contributed by atoms with van der Waals surface area (Å²) in [6.07, 6.45) is 0. The Labute approximate surface area is 119 Å². The van der Waals surface area contributed by atoms with Gasteiger partial charge in [-0.2, -0.15) is 0 Å². The number of esters is 2. The predicted octanol–water partition coefficient (Wildman–Crippen LogP) is -0.422. The molecule has 0 spiro atoms. The molecule has 0 atom stereocenters. The Morgan fingerprint density at radius 3 is 1.93 bits per heavy atom. The van der Waals surface area contributed by atoms with Gasteiger partial charge in [0.2, 0.25) is 0 Å². The van der Waals surface area contributed by atoms with Gasteiger partial charge in [0.1, 0.15) is 13.2 Å². The molecule has 0 aliphatic heterocycles. The predicted molar refractivity (Wildman–Crippen MR) is 52.3 cm³/mol. The number of carbonyl (C=O) groups is 3. The summed E-state index contributed by atoms with van der Waals surface area (Å²) in [7, 11) is 0. The van der Waals surface area contributed by atoms with Gasteiger partial charge < -0.3 is 17.4 Å². The Kier molecular flexibility index (Phi) is 9.76. The molecule has 0 heterocycles. The van der Waals surface area contributed by atoms with E-state index in [0.29, 0.717) is 0 Å². The van der Waals surface area contributed by atoms with Gasteiger partial charge in [-0.05, 0) is 6.92 Å². The van der Waals surface area contributed by atoms with E-state index in [1.54, 1.807) is 0 Å². The smallest absolute Gasteiger partial charge is 1.00 e. The van der Waals surface area contributed by atoms with Crippen LogP contribution in [0.4, 0.5) is 0 Å². The Balaban J connectivity index is -0.000000282. The second-order valence-corrected chi connectivity index (χ2v) is 2.36. The van der Waals surface area contributed by atoms with E-state index in [4.69, 9.17) is 5.11 Å². The molecule has 0 aliphatic carbocycles. The van der Waals surface area contributed by atoms with Crippen molar-refractivity contribution in [2.24, 2.45) is 0 Å². The second kappa shape index (κ2) is 8.70. The van der Waals surface area contributed by atoms with Gasteiger partial charge in [-0.1, -0.05) is 6.58 Å². The first kappa shape index (κ1) is 16.8. The maximum Gasteiger partial charge on any atom is 2.00 e. The third-order valence-electron chi connectivity index (χ3n) is 1.07. The molecular weight excluding hydrogens is 232 g/mol. The van der Waals surface area contributed by atoms with Crippen LogP contribution in [0.3, 0.4) is 0 Å². The molecule has 6 nitrogen and oxygen atoms in total. The van der Waals surface area contributed by atoms with Crippen LogP contribution in [-0.2, 0) is 23.9 Å². The minimum absolute atomic E-state index is 0. The van der Waals surface area contributed by atoms with Gasteiger partial charge >= 0.3 is 55.6 Å².